The van der Waals surface area contributed by atoms with Crippen LogP contribution in [-0.2, 0) is 0 Å². The molecular weight excluding hydrogens is 344 g/mol. The van der Waals surface area contributed by atoms with Crippen molar-refractivity contribution >= 4 is 16.6 Å². The lowest BCUT2D eigenvalue weighted by Crippen LogP contribution is -2.22. The number of hydrogen-bond acceptors (Lipinski definition) is 2. The van der Waals surface area contributed by atoms with Crippen LogP contribution in [0.4, 0.5) is 5.69 Å². The smallest absolute Gasteiger partial charge is 0.119 e. The molecule has 0 spiro atoms. The largest absolute Gasteiger partial charge is 0.497 e. The molecule has 3 nitrogen and oxygen atoms in total. The number of fused-ring (bicyclic) bond motifs is 2. The molecule has 1 aliphatic heterocycles. The Hall–Kier alpha value is -3.20. The first-order valence-corrected chi connectivity index (χ1v) is 9.80. The predicted molar refractivity (Wildman–Crippen MR) is 115 cm³/mol. The summed E-state index contributed by atoms with van der Waals surface area (Å²) < 4.78 is 5.51. The minimum atomic E-state index is 0.276. The van der Waals surface area contributed by atoms with Gasteiger partial charge in [0.15, 0.2) is 0 Å². The van der Waals surface area contributed by atoms with Crippen LogP contribution in [0.3, 0.4) is 0 Å². The van der Waals surface area contributed by atoms with Gasteiger partial charge in [0.05, 0.1) is 13.2 Å². The molecule has 4 aromatic rings. The van der Waals surface area contributed by atoms with Gasteiger partial charge in [-0.1, -0.05) is 48.0 Å². The number of anilines is 1. The lowest BCUT2D eigenvalue weighted by Gasteiger charge is -2.33. The van der Waals surface area contributed by atoms with E-state index in [-0.39, 0.29) is 12.0 Å². The fourth-order valence-electron chi connectivity index (χ4n) is 4.29. The fourth-order valence-corrected chi connectivity index (χ4v) is 4.29. The Bertz CT molecular complexity index is 1090. The summed E-state index contributed by atoms with van der Waals surface area (Å²) in [6.45, 7) is 2.13. The van der Waals surface area contributed by atoms with E-state index in [1.54, 1.807) is 7.11 Å². The van der Waals surface area contributed by atoms with Gasteiger partial charge in [0, 0.05) is 22.8 Å². The van der Waals surface area contributed by atoms with Crippen LogP contribution in [0.2, 0.25) is 0 Å². The highest BCUT2D eigenvalue weighted by Crippen LogP contribution is 2.45. The summed E-state index contributed by atoms with van der Waals surface area (Å²) in [6, 6.07) is 26.3. The van der Waals surface area contributed by atoms with E-state index in [2.05, 4.69) is 84.0 Å². The molecule has 140 valence electrons. The van der Waals surface area contributed by atoms with E-state index in [0.29, 0.717) is 0 Å². The van der Waals surface area contributed by atoms with Crippen LogP contribution < -0.4 is 10.1 Å². The third kappa shape index (κ3) is 2.93. The van der Waals surface area contributed by atoms with E-state index in [9.17, 15) is 0 Å². The van der Waals surface area contributed by atoms with Crippen molar-refractivity contribution in [2.45, 2.75) is 25.3 Å². The van der Waals surface area contributed by atoms with Gasteiger partial charge in [-0.15, -0.1) is 0 Å². The molecule has 0 bridgehead atoms. The van der Waals surface area contributed by atoms with E-state index in [4.69, 9.17) is 4.74 Å². The topological polar surface area (TPSA) is 37.0 Å². The van der Waals surface area contributed by atoms with E-state index in [1.807, 2.05) is 6.07 Å². The van der Waals surface area contributed by atoms with E-state index in [0.717, 1.165) is 12.2 Å². The van der Waals surface area contributed by atoms with Crippen molar-refractivity contribution in [3.05, 3.63) is 95.2 Å². The van der Waals surface area contributed by atoms with Crippen molar-refractivity contribution in [1.29, 1.82) is 0 Å². The fraction of sp³-hybridized carbons (Fsp3) is 0.200. The maximum Gasteiger partial charge on any atom is 0.119 e. The van der Waals surface area contributed by atoms with Crippen LogP contribution in [0.5, 0.6) is 5.75 Å². The molecule has 0 radical (unpaired) electrons. The molecule has 28 heavy (non-hydrogen) atoms. The molecule has 0 unspecified atom stereocenters. The maximum absolute atomic E-state index is 5.51. The molecular formula is C25H24N2O. The highest BCUT2D eigenvalue weighted by Gasteiger charge is 2.30. The maximum atomic E-state index is 5.51. The van der Waals surface area contributed by atoms with Crippen molar-refractivity contribution in [2.75, 3.05) is 12.4 Å². The van der Waals surface area contributed by atoms with Gasteiger partial charge in [-0.2, -0.15) is 0 Å². The second-order valence-electron chi connectivity index (χ2n) is 7.66. The van der Waals surface area contributed by atoms with Gasteiger partial charge in [-0.25, -0.2) is 0 Å². The van der Waals surface area contributed by atoms with Crippen molar-refractivity contribution in [3.8, 4) is 5.75 Å². The van der Waals surface area contributed by atoms with Crippen molar-refractivity contribution in [2.24, 2.45) is 0 Å². The first kappa shape index (κ1) is 16.9. The third-order valence-corrected chi connectivity index (χ3v) is 5.84. The standard InChI is InChI=1S/C25H24N2O/c1-16-7-9-17(10-8-16)24-15-21(20-14-19(28-2)11-12-23(20)27-24)25-13-18-5-3-4-6-22(18)26-25/h3-14,21,24,26-27H,15H2,1-2H3/t21-,24-/m1/s1. The van der Waals surface area contributed by atoms with Crippen molar-refractivity contribution < 1.29 is 4.74 Å². The molecule has 2 N–H and O–H groups in total. The highest BCUT2D eigenvalue weighted by molar-refractivity contribution is 5.81. The van der Waals surface area contributed by atoms with Crippen LogP contribution in [0, 0.1) is 6.92 Å². The summed E-state index contributed by atoms with van der Waals surface area (Å²) in [5.74, 6) is 1.18. The summed E-state index contributed by atoms with van der Waals surface area (Å²) in [5.41, 5.74) is 7.53. The molecule has 0 fully saturated rings. The summed E-state index contributed by atoms with van der Waals surface area (Å²) in [7, 11) is 1.73. The molecule has 5 rings (SSSR count). The lowest BCUT2D eigenvalue weighted by atomic mass is 9.82. The Balaban J connectivity index is 1.61. The summed E-state index contributed by atoms with van der Waals surface area (Å²) in [4.78, 5) is 3.66. The monoisotopic (exact) mass is 368 g/mol. The van der Waals surface area contributed by atoms with Gasteiger partial charge in [-0.05, 0) is 60.2 Å². The van der Waals surface area contributed by atoms with E-state index >= 15 is 0 Å². The van der Waals surface area contributed by atoms with Gasteiger partial charge >= 0.3 is 0 Å². The van der Waals surface area contributed by atoms with Crippen LogP contribution in [-0.4, -0.2) is 12.1 Å². The van der Waals surface area contributed by atoms with Gasteiger partial charge in [-0.3, -0.25) is 0 Å². The van der Waals surface area contributed by atoms with E-state index < -0.39 is 0 Å². The average Bonchev–Trinajstić information content (AvgIpc) is 3.17. The molecule has 3 aromatic carbocycles. The van der Waals surface area contributed by atoms with Crippen LogP contribution in [0.1, 0.15) is 40.8 Å². The number of rotatable bonds is 3. The number of aromatic nitrogens is 1. The zero-order valence-electron chi connectivity index (χ0n) is 16.2. The Morgan fingerprint density at radius 2 is 1.75 bits per heavy atom. The van der Waals surface area contributed by atoms with E-state index in [1.165, 1.54) is 39.0 Å². The normalized spacial score (nSPS) is 18.5. The number of aromatic amines is 1. The highest BCUT2D eigenvalue weighted by atomic mass is 16.5. The molecule has 0 saturated carbocycles. The number of benzene rings is 3. The second kappa shape index (κ2) is 6.75. The van der Waals surface area contributed by atoms with Crippen LogP contribution in [0.25, 0.3) is 10.9 Å². The molecule has 3 heteroatoms. The van der Waals surface area contributed by atoms with Gasteiger partial charge < -0.3 is 15.0 Å². The predicted octanol–water partition coefficient (Wildman–Crippen LogP) is 6.17. The Labute approximate surface area is 165 Å². The summed E-state index contributed by atoms with van der Waals surface area (Å²) in [6.07, 6.45) is 0.996. The van der Waals surface area contributed by atoms with Crippen molar-refractivity contribution in [3.63, 3.8) is 0 Å². The van der Waals surface area contributed by atoms with Crippen LogP contribution in [0.15, 0.2) is 72.8 Å². The van der Waals surface area contributed by atoms with Crippen LogP contribution >= 0.6 is 0 Å². The Kier molecular flexibility index (Phi) is 4.09. The minimum absolute atomic E-state index is 0.276. The van der Waals surface area contributed by atoms with Gasteiger partial charge in [0.25, 0.3) is 0 Å². The van der Waals surface area contributed by atoms with Gasteiger partial charge in [0.2, 0.25) is 0 Å². The average molecular weight is 368 g/mol. The number of para-hydroxylation sites is 1. The molecule has 2 heterocycles. The summed E-state index contributed by atoms with van der Waals surface area (Å²) >= 11 is 0. The zero-order chi connectivity index (χ0) is 19.1. The zero-order valence-corrected chi connectivity index (χ0v) is 16.2. The molecule has 0 aliphatic carbocycles. The lowest BCUT2D eigenvalue weighted by molar-refractivity contribution is 0.413. The number of hydrogen-bond donors (Lipinski definition) is 2. The number of aryl methyl sites for hydroxylation is 1. The molecule has 2 atom stereocenters. The first-order valence-electron chi connectivity index (χ1n) is 9.80. The number of methoxy groups -OCH3 is 1. The molecule has 1 aromatic heterocycles. The molecule has 0 amide bonds. The number of ether oxygens (including phenoxy) is 1. The Morgan fingerprint density at radius 3 is 2.54 bits per heavy atom. The SMILES string of the molecule is COc1ccc2c(c1)[C@H](c1cc3ccccc3[nH]1)C[C@H](c1ccc(C)cc1)N2. The quantitative estimate of drug-likeness (QED) is 0.453. The first-order chi connectivity index (χ1) is 13.7. The minimum Gasteiger partial charge on any atom is -0.497 e. The van der Waals surface area contributed by atoms with Crippen molar-refractivity contribution in [1.82, 2.24) is 4.98 Å². The Morgan fingerprint density at radius 1 is 0.929 bits per heavy atom. The number of nitrogens with one attached hydrogen (secondary N) is 2. The third-order valence-electron chi connectivity index (χ3n) is 5.84. The van der Waals surface area contributed by atoms with Gasteiger partial charge in [0.1, 0.15) is 5.75 Å². The molecule has 0 saturated heterocycles. The number of H-pyrrole nitrogens is 1. The summed E-state index contributed by atoms with van der Waals surface area (Å²) in [5, 5.41) is 5.00. The second-order valence-corrected chi connectivity index (χ2v) is 7.66. The molecule has 1 aliphatic rings.